The number of carbonyl (C=O) groups is 1. The van der Waals surface area contributed by atoms with Crippen LogP contribution in [0.5, 0.6) is 0 Å². The molecule has 0 spiro atoms. The Bertz CT molecular complexity index is 1650. The fourth-order valence-corrected chi connectivity index (χ4v) is 5.76. The maximum Gasteiger partial charge on any atom is 0.433 e. The van der Waals surface area contributed by atoms with Crippen molar-refractivity contribution in [3.8, 4) is 6.07 Å². The Morgan fingerprint density at radius 2 is 1.82 bits per heavy atom. The first-order chi connectivity index (χ1) is 21.2. The molecule has 0 aliphatic carbocycles. The summed E-state index contributed by atoms with van der Waals surface area (Å²) in [6.07, 6.45) is -10.0. The van der Waals surface area contributed by atoms with E-state index in [1.807, 2.05) is 4.90 Å². The Labute approximate surface area is 253 Å². The molecule has 1 fully saturated rings. The zero-order chi connectivity index (χ0) is 32.7. The number of ether oxygens (including phenoxy) is 1. The van der Waals surface area contributed by atoms with E-state index in [9.17, 15) is 41.5 Å². The number of pyridine rings is 1. The highest BCUT2D eigenvalue weighted by atomic mass is 19.4. The van der Waals surface area contributed by atoms with Gasteiger partial charge in [-0.05, 0) is 42.3 Å². The first kappa shape index (κ1) is 31.9. The lowest BCUT2D eigenvalue weighted by Crippen LogP contribution is -2.64. The summed E-state index contributed by atoms with van der Waals surface area (Å²) in [5, 5.41) is 19.6. The number of fused-ring (bicyclic) bond motifs is 1. The van der Waals surface area contributed by atoms with Crippen LogP contribution in [0.3, 0.4) is 0 Å². The minimum atomic E-state index is -4.79. The molecule has 3 N–H and O–H groups in total. The van der Waals surface area contributed by atoms with Gasteiger partial charge in [-0.2, -0.15) is 31.6 Å². The van der Waals surface area contributed by atoms with Crippen LogP contribution in [0, 0.1) is 11.3 Å². The normalized spacial score (nSPS) is 20.5. The van der Waals surface area contributed by atoms with E-state index in [0.717, 1.165) is 23.1 Å². The number of carboxylic acid groups (broad SMARTS) is 1. The van der Waals surface area contributed by atoms with Gasteiger partial charge in [0.2, 0.25) is 0 Å². The maximum atomic E-state index is 13.6. The van der Waals surface area contributed by atoms with Crippen LogP contribution in [0.1, 0.15) is 58.9 Å². The molecular formula is C29H27F6N7O3. The molecule has 1 saturated heterocycles. The number of rotatable bonds is 5. The Hall–Kier alpha value is -4.49. The van der Waals surface area contributed by atoms with Crippen molar-refractivity contribution in [3.63, 3.8) is 0 Å². The van der Waals surface area contributed by atoms with Crippen molar-refractivity contribution in [2.45, 2.75) is 50.1 Å². The molecule has 1 amide bonds. The van der Waals surface area contributed by atoms with Crippen LogP contribution in [0.25, 0.3) is 0 Å². The number of anilines is 2. The van der Waals surface area contributed by atoms with Crippen LogP contribution < -0.4 is 15.5 Å². The molecule has 2 unspecified atom stereocenters. The molecule has 10 nitrogen and oxygen atoms in total. The largest absolute Gasteiger partial charge is 0.465 e. The van der Waals surface area contributed by atoms with Crippen LogP contribution in [-0.2, 0) is 29.9 Å². The number of morpholine rings is 1. The lowest BCUT2D eigenvalue weighted by Gasteiger charge is -2.47. The van der Waals surface area contributed by atoms with E-state index >= 15 is 0 Å². The average molecular weight is 636 g/mol. The molecule has 0 saturated carbocycles. The van der Waals surface area contributed by atoms with Gasteiger partial charge in [-0.15, -0.1) is 0 Å². The van der Waals surface area contributed by atoms with E-state index < -0.39 is 41.3 Å². The summed E-state index contributed by atoms with van der Waals surface area (Å²) >= 11 is 0. The zero-order valence-corrected chi connectivity index (χ0v) is 23.8. The summed E-state index contributed by atoms with van der Waals surface area (Å²) < 4.78 is 87.0. The number of aromatic nitrogens is 3. The molecule has 0 radical (unpaired) electrons. The number of nitrogens with two attached hydrogens (primary N) is 1. The van der Waals surface area contributed by atoms with Crippen molar-refractivity contribution in [1.29, 1.82) is 5.26 Å². The van der Waals surface area contributed by atoms with Gasteiger partial charge < -0.3 is 20.5 Å². The van der Waals surface area contributed by atoms with Crippen LogP contribution in [0.2, 0.25) is 0 Å². The number of alkyl halides is 6. The van der Waals surface area contributed by atoms with Crippen molar-refractivity contribution in [2.75, 3.05) is 36.1 Å². The van der Waals surface area contributed by atoms with Gasteiger partial charge in [-0.1, -0.05) is 6.92 Å². The SMILES string of the molecule is CCC1(N)C(c2ncc(N3CCOCC3)c(Cc3cc(C#N)cc(C(F)(F)F)c3)n2)Cc2nc(C(F)(F)F)ccc2N1C(=O)O. The third kappa shape index (κ3) is 6.22. The minimum Gasteiger partial charge on any atom is -0.465 e. The Balaban J connectivity index is 1.65. The molecule has 5 rings (SSSR count). The Kier molecular flexibility index (Phi) is 8.36. The standard InChI is InChI=1S/C29H27F6N7O3/c1-2-27(37)19(13-21-22(42(27)26(43)44)3-4-24(39-21)29(33,34)35)25-38-15-23(41-5-7-45-8-6-41)20(40-25)12-16-9-17(14-36)11-18(10-16)28(30,31)32/h3-4,9-11,15,19H,2,5-8,12-13,37H2,1H3,(H,43,44). The molecule has 4 heterocycles. The number of hydrogen-bond acceptors (Lipinski definition) is 8. The minimum absolute atomic E-state index is 0.00744. The van der Waals surface area contributed by atoms with Crippen molar-refractivity contribution >= 4 is 17.5 Å². The maximum absolute atomic E-state index is 13.6. The third-order valence-corrected chi connectivity index (χ3v) is 8.00. The number of hydrogen-bond donors (Lipinski definition) is 2. The smallest absolute Gasteiger partial charge is 0.433 e. The summed E-state index contributed by atoms with van der Waals surface area (Å²) in [7, 11) is 0. The number of benzene rings is 1. The predicted molar refractivity (Wildman–Crippen MR) is 147 cm³/mol. The molecule has 2 aliphatic heterocycles. The van der Waals surface area contributed by atoms with Crippen molar-refractivity contribution < 1.29 is 41.0 Å². The summed E-state index contributed by atoms with van der Waals surface area (Å²) in [5.41, 5.74) is 3.16. The second-order valence-electron chi connectivity index (χ2n) is 10.7. The van der Waals surface area contributed by atoms with Crippen LogP contribution in [0.15, 0.2) is 36.5 Å². The van der Waals surface area contributed by atoms with Gasteiger partial charge in [0, 0.05) is 25.9 Å². The fourth-order valence-electron chi connectivity index (χ4n) is 5.76. The first-order valence-electron chi connectivity index (χ1n) is 13.8. The molecule has 1 aromatic carbocycles. The summed E-state index contributed by atoms with van der Waals surface area (Å²) in [5.74, 6) is -1.11. The second kappa shape index (κ2) is 11.8. The highest BCUT2D eigenvalue weighted by Crippen LogP contribution is 2.44. The van der Waals surface area contributed by atoms with E-state index in [4.69, 9.17) is 10.5 Å². The van der Waals surface area contributed by atoms with Gasteiger partial charge in [0.15, 0.2) is 0 Å². The quantitative estimate of drug-likeness (QED) is 0.367. The molecule has 2 atom stereocenters. The van der Waals surface area contributed by atoms with Crippen molar-refractivity contribution in [1.82, 2.24) is 15.0 Å². The molecular weight excluding hydrogens is 608 g/mol. The number of nitrogens with zero attached hydrogens (tertiary/aromatic N) is 6. The molecule has 16 heteroatoms. The van der Waals surface area contributed by atoms with Crippen molar-refractivity contribution in [3.05, 3.63) is 76.1 Å². The molecule has 2 aliphatic rings. The highest BCUT2D eigenvalue weighted by Gasteiger charge is 2.50. The lowest BCUT2D eigenvalue weighted by atomic mass is 9.80. The van der Waals surface area contributed by atoms with E-state index in [1.165, 1.54) is 12.3 Å². The van der Waals surface area contributed by atoms with Crippen LogP contribution in [0.4, 0.5) is 42.5 Å². The molecule has 3 aromatic rings. The summed E-state index contributed by atoms with van der Waals surface area (Å²) in [6, 6.07) is 6.40. The molecule has 238 valence electrons. The number of amides is 1. The van der Waals surface area contributed by atoms with Gasteiger partial charge in [0.05, 0.1) is 65.3 Å². The van der Waals surface area contributed by atoms with Gasteiger partial charge >= 0.3 is 18.4 Å². The number of halogens is 6. The zero-order valence-electron chi connectivity index (χ0n) is 23.8. The van der Waals surface area contributed by atoms with Crippen LogP contribution in [-0.4, -0.2) is 58.1 Å². The second-order valence-corrected chi connectivity index (χ2v) is 10.7. The van der Waals surface area contributed by atoms with E-state index in [0.29, 0.717) is 38.1 Å². The average Bonchev–Trinajstić information content (AvgIpc) is 2.99. The topological polar surface area (TPSA) is 141 Å². The highest BCUT2D eigenvalue weighted by molar-refractivity contribution is 5.89. The van der Waals surface area contributed by atoms with Gasteiger partial charge in [-0.3, -0.25) is 4.90 Å². The summed E-state index contributed by atoms with van der Waals surface area (Å²) in [6.45, 7) is 3.19. The monoisotopic (exact) mass is 635 g/mol. The predicted octanol–water partition coefficient (Wildman–Crippen LogP) is 5.10. The first-order valence-corrected chi connectivity index (χ1v) is 13.8. The van der Waals surface area contributed by atoms with Gasteiger partial charge in [-0.25, -0.2) is 19.7 Å². The lowest BCUT2D eigenvalue weighted by molar-refractivity contribution is -0.141. The molecule has 2 aromatic heterocycles. The third-order valence-electron chi connectivity index (χ3n) is 8.00. The Morgan fingerprint density at radius 1 is 1.11 bits per heavy atom. The van der Waals surface area contributed by atoms with Gasteiger partial charge in [0.1, 0.15) is 17.2 Å². The van der Waals surface area contributed by atoms with E-state index in [2.05, 4.69) is 15.0 Å². The Morgan fingerprint density at radius 3 is 2.42 bits per heavy atom. The van der Waals surface area contributed by atoms with Crippen molar-refractivity contribution in [2.24, 2.45) is 5.73 Å². The molecule has 45 heavy (non-hydrogen) atoms. The van der Waals surface area contributed by atoms with E-state index in [1.54, 1.807) is 13.0 Å². The summed E-state index contributed by atoms with van der Waals surface area (Å²) in [4.78, 5) is 28.1. The van der Waals surface area contributed by atoms with Crippen LogP contribution >= 0.6 is 0 Å². The van der Waals surface area contributed by atoms with Gasteiger partial charge in [0.25, 0.3) is 0 Å². The fraction of sp³-hybridized carbons (Fsp3) is 0.414. The van der Waals surface area contributed by atoms with E-state index in [-0.39, 0.29) is 53.3 Å². The number of nitriles is 1. The molecule has 0 bridgehead atoms.